The van der Waals surface area contributed by atoms with E-state index in [4.69, 9.17) is 10.00 Å². The Hall–Kier alpha value is -3.67. The van der Waals surface area contributed by atoms with E-state index in [0.717, 1.165) is 10.2 Å². The molecule has 1 N–H and O–H groups in total. The fraction of sp³-hybridized carbons (Fsp3) is 0.409. The van der Waals surface area contributed by atoms with Gasteiger partial charge in [0, 0.05) is 19.0 Å². The van der Waals surface area contributed by atoms with Crippen molar-refractivity contribution in [2.75, 3.05) is 11.9 Å². The summed E-state index contributed by atoms with van der Waals surface area (Å²) in [7, 11) is 1.74. The van der Waals surface area contributed by atoms with Gasteiger partial charge < -0.3 is 9.30 Å². The summed E-state index contributed by atoms with van der Waals surface area (Å²) in [5.74, 6) is 0.675. The molecule has 0 saturated heterocycles. The number of nitriles is 1. The molecule has 0 unspecified atom stereocenters. The fourth-order valence-corrected chi connectivity index (χ4v) is 3.05. The molecule has 2 heterocycles. The second-order valence-electron chi connectivity index (χ2n) is 8.11. The highest BCUT2D eigenvalue weighted by molar-refractivity contribution is 5.91. The number of ether oxygens (including phenoxy) is 1. The molecule has 0 bridgehead atoms. The van der Waals surface area contributed by atoms with Crippen molar-refractivity contribution in [3.63, 3.8) is 0 Å². The molecule has 31 heavy (non-hydrogen) atoms. The van der Waals surface area contributed by atoms with Gasteiger partial charge >= 0.3 is 0 Å². The second-order valence-corrected chi connectivity index (χ2v) is 8.11. The summed E-state index contributed by atoms with van der Waals surface area (Å²) in [5, 5.41) is 16.2. The third-order valence-electron chi connectivity index (χ3n) is 4.66. The van der Waals surface area contributed by atoms with Crippen LogP contribution in [0.15, 0.2) is 29.1 Å². The number of aryl methyl sites for hydroxylation is 1. The number of fused-ring (bicyclic) bond motifs is 1. The average Bonchev–Trinajstić information content (AvgIpc) is 3.02. The average molecular weight is 422 g/mol. The van der Waals surface area contributed by atoms with Gasteiger partial charge in [-0.05, 0) is 24.1 Å². The van der Waals surface area contributed by atoms with Gasteiger partial charge in [-0.25, -0.2) is 9.67 Å². The molecule has 0 aliphatic rings. The zero-order chi connectivity index (χ0) is 22.7. The maximum Gasteiger partial charge on any atom is 0.270 e. The number of imidazole rings is 1. The Morgan fingerprint density at radius 1 is 1.26 bits per heavy atom. The van der Waals surface area contributed by atoms with E-state index < -0.39 is 11.5 Å². The lowest BCUT2D eigenvalue weighted by atomic mass is 10.1. The van der Waals surface area contributed by atoms with Crippen molar-refractivity contribution in [3.05, 3.63) is 45.9 Å². The number of benzene rings is 1. The van der Waals surface area contributed by atoms with E-state index >= 15 is 0 Å². The van der Waals surface area contributed by atoms with Crippen LogP contribution in [-0.2, 0) is 18.4 Å². The number of carbonyl (C=O) groups excluding carboxylic acids is 1. The molecule has 0 spiro atoms. The van der Waals surface area contributed by atoms with Crippen LogP contribution < -0.4 is 15.6 Å². The van der Waals surface area contributed by atoms with Crippen LogP contribution in [0.1, 0.15) is 44.9 Å². The van der Waals surface area contributed by atoms with Gasteiger partial charge in [-0.2, -0.15) is 10.4 Å². The van der Waals surface area contributed by atoms with Gasteiger partial charge in [0.2, 0.25) is 11.9 Å². The summed E-state index contributed by atoms with van der Waals surface area (Å²) in [6.45, 7) is 8.18. The first-order valence-corrected chi connectivity index (χ1v) is 10.1. The monoisotopic (exact) mass is 422 g/mol. The zero-order valence-corrected chi connectivity index (χ0v) is 18.3. The Morgan fingerprint density at radius 3 is 2.65 bits per heavy atom. The third kappa shape index (κ3) is 4.91. The van der Waals surface area contributed by atoms with E-state index in [1.165, 1.54) is 6.07 Å². The van der Waals surface area contributed by atoms with Crippen LogP contribution in [0.3, 0.4) is 0 Å². The van der Waals surface area contributed by atoms with Gasteiger partial charge in [0.15, 0.2) is 0 Å². The zero-order valence-electron chi connectivity index (χ0n) is 18.3. The normalized spacial score (nSPS) is 11.2. The molecule has 3 aromatic rings. The second kappa shape index (κ2) is 9.00. The topological polar surface area (TPSA) is 115 Å². The number of nitrogens with one attached hydrogen (secondary N) is 1. The summed E-state index contributed by atoms with van der Waals surface area (Å²) >= 11 is 0. The number of nitrogens with zero attached hydrogens (tertiary/aromatic N) is 5. The molecule has 1 aromatic carbocycles. The van der Waals surface area contributed by atoms with Crippen LogP contribution in [0.2, 0.25) is 0 Å². The molecule has 0 aliphatic heterocycles. The van der Waals surface area contributed by atoms with Crippen LogP contribution in [0, 0.1) is 17.2 Å². The maximum atomic E-state index is 12.6. The van der Waals surface area contributed by atoms with Crippen LogP contribution in [-0.4, -0.2) is 31.8 Å². The van der Waals surface area contributed by atoms with Gasteiger partial charge in [-0.1, -0.05) is 27.7 Å². The van der Waals surface area contributed by atoms with Crippen LogP contribution in [0.5, 0.6) is 5.75 Å². The Bertz CT molecular complexity index is 1220. The standard InChI is InChI=1S/C22H26N6O3/c1-13(2)12-31-18-9-20(30)28(26-21(18)14(3)4)11-19(29)25-22-24-16-7-6-15(10-23)8-17(16)27(22)5/h6-9,13-14H,11-12H2,1-5H3,(H,24,25,29). The molecule has 2 aromatic heterocycles. The van der Waals surface area contributed by atoms with Gasteiger partial charge in [0.1, 0.15) is 18.0 Å². The van der Waals surface area contributed by atoms with Gasteiger partial charge in [-0.3, -0.25) is 14.9 Å². The molecule has 0 saturated carbocycles. The van der Waals surface area contributed by atoms with Gasteiger partial charge in [-0.15, -0.1) is 0 Å². The van der Waals surface area contributed by atoms with E-state index in [0.29, 0.717) is 41.0 Å². The summed E-state index contributed by atoms with van der Waals surface area (Å²) in [6, 6.07) is 8.56. The van der Waals surface area contributed by atoms with Crippen molar-refractivity contribution in [1.82, 2.24) is 19.3 Å². The highest BCUT2D eigenvalue weighted by atomic mass is 16.5. The molecular formula is C22H26N6O3. The summed E-state index contributed by atoms with van der Waals surface area (Å²) in [6.07, 6.45) is 0. The summed E-state index contributed by atoms with van der Waals surface area (Å²) in [4.78, 5) is 29.5. The highest BCUT2D eigenvalue weighted by Gasteiger charge is 2.17. The molecule has 0 aliphatic carbocycles. The van der Waals surface area contributed by atoms with E-state index in [-0.39, 0.29) is 12.5 Å². The van der Waals surface area contributed by atoms with E-state index in [1.807, 2.05) is 27.7 Å². The number of hydrogen-bond donors (Lipinski definition) is 1. The minimum absolute atomic E-state index is 0.0197. The van der Waals surface area contributed by atoms with Crippen LogP contribution in [0.4, 0.5) is 5.95 Å². The minimum Gasteiger partial charge on any atom is -0.491 e. The molecule has 1 amide bonds. The highest BCUT2D eigenvalue weighted by Crippen LogP contribution is 2.23. The number of rotatable bonds is 7. The van der Waals surface area contributed by atoms with Crippen molar-refractivity contribution in [3.8, 4) is 11.8 Å². The first-order valence-electron chi connectivity index (χ1n) is 10.1. The number of amides is 1. The predicted molar refractivity (Wildman–Crippen MR) is 117 cm³/mol. The van der Waals surface area contributed by atoms with Crippen molar-refractivity contribution in [2.45, 2.75) is 40.2 Å². The molecule has 0 radical (unpaired) electrons. The molecule has 3 rings (SSSR count). The lowest BCUT2D eigenvalue weighted by Gasteiger charge is -2.16. The lowest BCUT2D eigenvalue weighted by molar-refractivity contribution is -0.117. The first-order chi connectivity index (χ1) is 14.7. The summed E-state index contributed by atoms with van der Waals surface area (Å²) < 4.78 is 8.57. The molecule has 9 nitrogen and oxygen atoms in total. The van der Waals surface area contributed by atoms with Gasteiger partial charge in [0.25, 0.3) is 5.56 Å². The Balaban J connectivity index is 1.82. The molecule has 0 atom stereocenters. The van der Waals surface area contributed by atoms with E-state index in [1.54, 1.807) is 29.8 Å². The number of aromatic nitrogens is 4. The third-order valence-corrected chi connectivity index (χ3v) is 4.66. The van der Waals surface area contributed by atoms with Crippen molar-refractivity contribution in [1.29, 1.82) is 5.26 Å². The number of anilines is 1. The van der Waals surface area contributed by atoms with Crippen LogP contribution >= 0.6 is 0 Å². The largest absolute Gasteiger partial charge is 0.491 e. The maximum absolute atomic E-state index is 12.6. The quantitative estimate of drug-likeness (QED) is 0.626. The molecular weight excluding hydrogens is 396 g/mol. The van der Waals surface area contributed by atoms with E-state index in [9.17, 15) is 9.59 Å². The van der Waals surface area contributed by atoms with Crippen molar-refractivity contribution < 1.29 is 9.53 Å². The number of hydrogen-bond acceptors (Lipinski definition) is 6. The minimum atomic E-state index is -0.431. The number of carbonyl (C=O) groups is 1. The van der Waals surface area contributed by atoms with E-state index in [2.05, 4.69) is 21.5 Å². The smallest absolute Gasteiger partial charge is 0.270 e. The Morgan fingerprint density at radius 2 is 2.00 bits per heavy atom. The first kappa shape index (κ1) is 22.0. The predicted octanol–water partition coefficient (Wildman–Crippen LogP) is 2.80. The summed E-state index contributed by atoms with van der Waals surface area (Å²) in [5.41, 5.74) is 2.09. The Kier molecular flexibility index (Phi) is 6.39. The molecule has 162 valence electrons. The van der Waals surface area contributed by atoms with Crippen molar-refractivity contribution >= 4 is 22.9 Å². The van der Waals surface area contributed by atoms with Crippen molar-refractivity contribution in [2.24, 2.45) is 13.0 Å². The SMILES string of the molecule is CC(C)COc1cc(=O)n(CC(=O)Nc2nc3ccc(C#N)cc3n2C)nc1C(C)C. The van der Waals surface area contributed by atoms with Gasteiger partial charge in [0.05, 0.1) is 29.3 Å². The lowest BCUT2D eigenvalue weighted by Crippen LogP contribution is -2.31. The fourth-order valence-electron chi connectivity index (χ4n) is 3.05. The molecule has 9 heteroatoms. The Labute approximate surface area is 180 Å². The molecule has 0 fully saturated rings. The van der Waals surface area contributed by atoms with Crippen LogP contribution in [0.25, 0.3) is 11.0 Å².